The molecule has 0 saturated carbocycles. The Hall–Kier alpha value is -1.48. The van der Waals surface area contributed by atoms with Crippen LogP contribution in [0.3, 0.4) is 0 Å². The topological polar surface area (TPSA) is 32.3 Å². The van der Waals surface area contributed by atoms with Crippen molar-refractivity contribution in [2.24, 2.45) is 0 Å². The van der Waals surface area contributed by atoms with Crippen LogP contribution in [0.25, 0.3) is 0 Å². The fourth-order valence-corrected chi connectivity index (χ4v) is 2.57. The highest BCUT2D eigenvalue weighted by Gasteiger charge is 2.11. The van der Waals surface area contributed by atoms with Crippen molar-refractivity contribution in [1.29, 1.82) is 0 Å². The van der Waals surface area contributed by atoms with Crippen LogP contribution in [0.4, 0.5) is 5.69 Å². The Balaban J connectivity index is 2.24. The highest BCUT2D eigenvalue weighted by molar-refractivity contribution is 9.10. The number of phenols is 1. The molecule has 2 aromatic carbocycles. The van der Waals surface area contributed by atoms with Crippen molar-refractivity contribution >= 4 is 21.6 Å². The molecule has 0 aromatic heterocycles. The Bertz CT molecular complexity index is 568. The van der Waals surface area contributed by atoms with Gasteiger partial charge < -0.3 is 10.4 Å². The number of aryl methyl sites for hydroxylation is 1. The molecule has 0 saturated heterocycles. The molecule has 1 unspecified atom stereocenters. The largest absolute Gasteiger partial charge is 0.508 e. The van der Waals surface area contributed by atoms with Gasteiger partial charge in [0.2, 0.25) is 0 Å². The lowest BCUT2D eigenvalue weighted by Gasteiger charge is -2.19. The van der Waals surface area contributed by atoms with Gasteiger partial charge in [-0.05, 0) is 43.2 Å². The summed E-state index contributed by atoms with van der Waals surface area (Å²) in [6.07, 6.45) is 0.968. The summed E-state index contributed by atoms with van der Waals surface area (Å²) in [7, 11) is 0. The van der Waals surface area contributed by atoms with Gasteiger partial charge in [0, 0.05) is 15.7 Å². The minimum Gasteiger partial charge on any atom is -0.508 e. The normalized spacial score (nSPS) is 12.2. The van der Waals surface area contributed by atoms with Gasteiger partial charge >= 0.3 is 0 Å². The molecule has 19 heavy (non-hydrogen) atoms. The van der Waals surface area contributed by atoms with Crippen molar-refractivity contribution in [1.82, 2.24) is 0 Å². The van der Waals surface area contributed by atoms with E-state index < -0.39 is 0 Å². The Morgan fingerprint density at radius 3 is 2.63 bits per heavy atom. The summed E-state index contributed by atoms with van der Waals surface area (Å²) in [5.74, 6) is 0.331. The summed E-state index contributed by atoms with van der Waals surface area (Å²) in [5.41, 5.74) is 3.28. The van der Waals surface area contributed by atoms with Crippen LogP contribution in [0.2, 0.25) is 0 Å². The molecule has 0 bridgehead atoms. The van der Waals surface area contributed by atoms with Crippen molar-refractivity contribution in [3.8, 4) is 5.75 Å². The molecule has 2 N–H and O–H groups in total. The highest BCUT2D eigenvalue weighted by atomic mass is 79.9. The smallest absolute Gasteiger partial charge is 0.120 e. The van der Waals surface area contributed by atoms with Gasteiger partial charge in [-0.1, -0.05) is 41.1 Å². The minimum atomic E-state index is 0.0627. The lowest BCUT2D eigenvalue weighted by molar-refractivity contribution is 0.465. The summed E-state index contributed by atoms with van der Waals surface area (Å²) < 4.78 is 1.09. The van der Waals surface area contributed by atoms with E-state index in [-0.39, 0.29) is 6.04 Å². The number of rotatable bonds is 4. The minimum absolute atomic E-state index is 0.0627. The van der Waals surface area contributed by atoms with E-state index in [0.717, 1.165) is 22.1 Å². The van der Waals surface area contributed by atoms with Crippen molar-refractivity contribution in [3.63, 3.8) is 0 Å². The van der Waals surface area contributed by atoms with Crippen LogP contribution in [0.15, 0.2) is 46.9 Å². The van der Waals surface area contributed by atoms with Gasteiger partial charge in [-0.2, -0.15) is 0 Å². The summed E-state index contributed by atoms with van der Waals surface area (Å²) in [4.78, 5) is 0. The standard InChI is InChI=1S/C16H18BrNO/c1-3-12-10-13(17)8-9-15(12)18-11(2)14-6-4-5-7-16(14)19/h4-11,18-19H,3H2,1-2H3. The summed E-state index contributed by atoms with van der Waals surface area (Å²) in [6.45, 7) is 4.19. The molecule has 0 radical (unpaired) electrons. The Kier molecular flexibility index (Phi) is 4.48. The molecule has 2 aromatic rings. The zero-order valence-corrected chi connectivity index (χ0v) is 12.7. The first kappa shape index (κ1) is 13.9. The Morgan fingerprint density at radius 2 is 1.95 bits per heavy atom. The van der Waals surface area contributed by atoms with Crippen molar-refractivity contribution in [3.05, 3.63) is 58.1 Å². The van der Waals surface area contributed by atoms with E-state index in [2.05, 4.69) is 47.2 Å². The fourth-order valence-electron chi connectivity index (χ4n) is 2.16. The maximum absolute atomic E-state index is 9.88. The Labute approximate surface area is 122 Å². The number of hydrogen-bond acceptors (Lipinski definition) is 2. The number of nitrogens with one attached hydrogen (secondary N) is 1. The van der Waals surface area contributed by atoms with Crippen molar-refractivity contribution < 1.29 is 5.11 Å². The van der Waals surface area contributed by atoms with Crippen LogP contribution in [0.1, 0.15) is 31.0 Å². The number of anilines is 1. The van der Waals surface area contributed by atoms with Gasteiger partial charge in [0.05, 0.1) is 6.04 Å². The molecule has 0 amide bonds. The van der Waals surface area contributed by atoms with E-state index in [9.17, 15) is 5.11 Å². The first-order valence-corrected chi connectivity index (χ1v) is 7.24. The SMILES string of the molecule is CCc1cc(Br)ccc1NC(C)c1ccccc1O. The third-order valence-electron chi connectivity index (χ3n) is 3.22. The van der Waals surface area contributed by atoms with E-state index in [0.29, 0.717) is 5.75 Å². The Morgan fingerprint density at radius 1 is 1.21 bits per heavy atom. The molecular formula is C16H18BrNO. The monoisotopic (exact) mass is 319 g/mol. The molecule has 2 rings (SSSR count). The molecule has 0 heterocycles. The van der Waals surface area contributed by atoms with Gasteiger partial charge in [0.15, 0.2) is 0 Å². The number of phenolic OH excluding ortho intramolecular Hbond substituents is 1. The maximum Gasteiger partial charge on any atom is 0.120 e. The summed E-state index contributed by atoms with van der Waals surface area (Å²) in [5, 5.41) is 13.3. The van der Waals surface area contributed by atoms with Gasteiger partial charge in [-0.15, -0.1) is 0 Å². The average Bonchev–Trinajstić information content (AvgIpc) is 2.41. The van der Waals surface area contributed by atoms with Crippen LogP contribution >= 0.6 is 15.9 Å². The molecule has 0 aliphatic heterocycles. The third kappa shape index (κ3) is 3.29. The molecule has 0 aliphatic rings. The molecule has 3 heteroatoms. The molecular weight excluding hydrogens is 302 g/mol. The number of para-hydroxylation sites is 1. The van der Waals surface area contributed by atoms with E-state index in [1.807, 2.05) is 24.3 Å². The van der Waals surface area contributed by atoms with Gasteiger partial charge in [-0.25, -0.2) is 0 Å². The zero-order chi connectivity index (χ0) is 13.8. The first-order chi connectivity index (χ1) is 9.11. The lowest BCUT2D eigenvalue weighted by atomic mass is 10.1. The second-order valence-electron chi connectivity index (χ2n) is 4.58. The predicted octanol–water partition coefficient (Wildman–Crippen LogP) is 4.89. The van der Waals surface area contributed by atoms with Gasteiger partial charge in [-0.3, -0.25) is 0 Å². The number of aromatic hydroxyl groups is 1. The van der Waals surface area contributed by atoms with E-state index >= 15 is 0 Å². The summed E-state index contributed by atoms with van der Waals surface area (Å²) >= 11 is 3.49. The van der Waals surface area contributed by atoms with Crippen molar-refractivity contribution in [2.45, 2.75) is 26.3 Å². The summed E-state index contributed by atoms with van der Waals surface area (Å²) in [6, 6.07) is 13.7. The van der Waals surface area contributed by atoms with E-state index in [1.165, 1.54) is 5.56 Å². The lowest BCUT2D eigenvalue weighted by Crippen LogP contribution is -2.08. The molecule has 100 valence electrons. The van der Waals surface area contributed by atoms with Crippen LogP contribution in [0.5, 0.6) is 5.75 Å². The zero-order valence-electron chi connectivity index (χ0n) is 11.2. The first-order valence-electron chi connectivity index (χ1n) is 6.44. The number of hydrogen-bond donors (Lipinski definition) is 2. The molecule has 0 aliphatic carbocycles. The number of halogens is 1. The molecule has 0 spiro atoms. The van der Waals surface area contributed by atoms with Crippen LogP contribution < -0.4 is 5.32 Å². The second-order valence-corrected chi connectivity index (χ2v) is 5.50. The van der Waals surface area contributed by atoms with E-state index in [1.54, 1.807) is 6.07 Å². The van der Waals surface area contributed by atoms with Crippen LogP contribution in [-0.4, -0.2) is 5.11 Å². The molecule has 2 nitrogen and oxygen atoms in total. The van der Waals surface area contributed by atoms with Crippen LogP contribution in [0, 0.1) is 0 Å². The number of benzene rings is 2. The van der Waals surface area contributed by atoms with Crippen LogP contribution in [-0.2, 0) is 6.42 Å². The molecule has 0 fully saturated rings. The highest BCUT2D eigenvalue weighted by Crippen LogP contribution is 2.29. The van der Waals surface area contributed by atoms with Crippen molar-refractivity contribution in [2.75, 3.05) is 5.32 Å². The fraction of sp³-hybridized carbons (Fsp3) is 0.250. The van der Waals surface area contributed by atoms with Gasteiger partial charge in [0.25, 0.3) is 0 Å². The third-order valence-corrected chi connectivity index (χ3v) is 3.72. The van der Waals surface area contributed by atoms with Gasteiger partial charge in [0.1, 0.15) is 5.75 Å². The maximum atomic E-state index is 9.88. The second kappa shape index (κ2) is 6.11. The predicted molar refractivity (Wildman–Crippen MR) is 83.7 cm³/mol. The quantitative estimate of drug-likeness (QED) is 0.840. The average molecular weight is 320 g/mol. The van der Waals surface area contributed by atoms with E-state index in [4.69, 9.17) is 0 Å². The molecule has 1 atom stereocenters.